The summed E-state index contributed by atoms with van der Waals surface area (Å²) in [4.78, 5) is 25.4. The average molecular weight is 457 g/mol. The van der Waals surface area contributed by atoms with Crippen LogP contribution in [0.4, 0.5) is 0 Å². The number of aliphatic carboxylic acids is 1. The molecular weight excluding hydrogens is 408 g/mol. The van der Waals surface area contributed by atoms with Gasteiger partial charge in [-0.2, -0.15) is 0 Å². The van der Waals surface area contributed by atoms with Gasteiger partial charge in [0.2, 0.25) is 0 Å². The number of Topliss-reactive ketones (excluding diaryl/α,β-unsaturated/α-hetero) is 1. The minimum atomic E-state index is -1.20. The predicted octanol–water partition coefficient (Wildman–Crippen LogP) is 7.38. The number of carbonyl (C=O) groups is 2. The molecule has 3 heteroatoms. The van der Waals surface area contributed by atoms with E-state index in [1.807, 2.05) is 0 Å². The van der Waals surface area contributed by atoms with Crippen molar-refractivity contribution in [2.24, 2.45) is 62.6 Å². The van der Waals surface area contributed by atoms with Gasteiger partial charge in [0.15, 0.2) is 0 Å². The van der Waals surface area contributed by atoms with Crippen molar-refractivity contribution in [2.45, 2.75) is 113 Å². The highest BCUT2D eigenvalue weighted by Gasteiger charge is 2.71. The zero-order chi connectivity index (χ0) is 24.2. The van der Waals surface area contributed by atoms with Gasteiger partial charge in [0.1, 0.15) is 11.2 Å². The fourth-order valence-corrected chi connectivity index (χ4v) is 11.5. The number of rotatable bonds is 1. The fourth-order valence-electron chi connectivity index (χ4n) is 11.5. The third-order valence-corrected chi connectivity index (χ3v) is 13.9. The smallest absolute Gasteiger partial charge is 0.317 e. The number of hydrogen-bond acceptors (Lipinski definition) is 2. The Morgan fingerprint density at radius 1 is 0.818 bits per heavy atom. The summed E-state index contributed by atoms with van der Waals surface area (Å²) >= 11 is 0. The van der Waals surface area contributed by atoms with Gasteiger partial charge in [0.05, 0.1) is 0 Å². The first-order valence-corrected chi connectivity index (χ1v) is 14.0. The SMILES string of the molecule is C[C@@H]1[C@@H]2[C@H]3CC[C@@H]4[C@@]5(C)CCC(=O)[C@@](C)(C(=O)O)[C@@H]5CC[C@@]4(C)[C@]3(C)CC[C@@]2(C)CC[C@H]1C. The van der Waals surface area contributed by atoms with Gasteiger partial charge in [-0.3, -0.25) is 9.59 Å². The molecule has 5 aliphatic carbocycles. The first-order valence-electron chi connectivity index (χ1n) is 14.0. The molecule has 0 aromatic rings. The zero-order valence-corrected chi connectivity index (χ0v) is 22.3. The molecule has 33 heavy (non-hydrogen) atoms. The Morgan fingerprint density at radius 2 is 1.52 bits per heavy atom. The van der Waals surface area contributed by atoms with Crippen LogP contribution in [0.5, 0.6) is 0 Å². The van der Waals surface area contributed by atoms with Crippen LogP contribution >= 0.6 is 0 Å². The largest absolute Gasteiger partial charge is 0.480 e. The molecule has 3 nitrogen and oxygen atoms in total. The van der Waals surface area contributed by atoms with Gasteiger partial charge in [-0.15, -0.1) is 0 Å². The van der Waals surface area contributed by atoms with E-state index in [9.17, 15) is 14.7 Å². The molecular formula is C30H48O3. The lowest BCUT2D eigenvalue weighted by Crippen LogP contribution is -2.68. The van der Waals surface area contributed by atoms with Crippen LogP contribution in [0, 0.1) is 62.6 Å². The molecule has 0 spiro atoms. The molecule has 0 aliphatic heterocycles. The molecule has 5 fully saturated rings. The Morgan fingerprint density at radius 3 is 2.18 bits per heavy atom. The molecule has 1 N–H and O–H groups in total. The van der Waals surface area contributed by atoms with Crippen molar-refractivity contribution in [1.29, 1.82) is 0 Å². The van der Waals surface area contributed by atoms with Crippen molar-refractivity contribution in [3.8, 4) is 0 Å². The molecule has 0 bridgehead atoms. The molecule has 5 saturated carbocycles. The lowest BCUT2D eigenvalue weighted by molar-refractivity contribution is -0.246. The minimum absolute atomic E-state index is 0.0237. The summed E-state index contributed by atoms with van der Waals surface area (Å²) < 4.78 is 0. The second kappa shape index (κ2) is 7.10. The maximum Gasteiger partial charge on any atom is 0.317 e. The fraction of sp³-hybridized carbons (Fsp3) is 0.933. The maximum absolute atomic E-state index is 13.0. The van der Waals surface area contributed by atoms with Gasteiger partial charge in [-0.05, 0) is 122 Å². The maximum atomic E-state index is 13.0. The van der Waals surface area contributed by atoms with Crippen molar-refractivity contribution < 1.29 is 14.7 Å². The molecule has 0 amide bonds. The molecule has 0 saturated heterocycles. The van der Waals surface area contributed by atoms with Gasteiger partial charge in [0.25, 0.3) is 0 Å². The number of ketones is 1. The molecule has 5 aliphatic rings. The van der Waals surface area contributed by atoms with Crippen LogP contribution in [0.2, 0.25) is 0 Å². The van der Waals surface area contributed by atoms with Gasteiger partial charge in [0, 0.05) is 6.42 Å². The second-order valence-electron chi connectivity index (χ2n) is 14.7. The van der Waals surface area contributed by atoms with Crippen LogP contribution in [0.25, 0.3) is 0 Å². The molecule has 0 unspecified atom stereocenters. The van der Waals surface area contributed by atoms with Crippen molar-refractivity contribution in [3.05, 3.63) is 0 Å². The van der Waals surface area contributed by atoms with Crippen molar-refractivity contribution >= 4 is 11.8 Å². The van der Waals surface area contributed by atoms with Gasteiger partial charge >= 0.3 is 5.97 Å². The zero-order valence-electron chi connectivity index (χ0n) is 22.3. The van der Waals surface area contributed by atoms with Crippen LogP contribution in [0.15, 0.2) is 0 Å². The van der Waals surface area contributed by atoms with Gasteiger partial charge in [-0.25, -0.2) is 0 Å². The summed E-state index contributed by atoms with van der Waals surface area (Å²) in [6, 6.07) is 0. The molecule has 0 heterocycles. The van der Waals surface area contributed by atoms with E-state index in [1.54, 1.807) is 6.92 Å². The number of carbonyl (C=O) groups excluding carboxylic acids is 1. The molecule has 11 atom stereocenters. The summed E-state index contributed by atoms with van der Waals surface area (Å²) in [6.45, 7) is 17.0. The summed E-state index contributed by atoms with van der Waals surface area (Å²) in [5.41, 5.74) is -0.193. The first-order chi connectivity index (χ1) is 15.3. The first kappa shape index (κ1) is 23.9. The summed E-state index contributed by atoms with van der Waals surface area (Å²) in [5, 5.41) is 10.2. The third kappa shape index (κ3) is 2.75. The van der Waals surface area contributed by atoms with E-state index in [0.717, 1.165) is 42.9 Å². The van der Waals surface area contributed by atoms with E-state index in [0.29, 0.717) is 23.2 Å². The van der Waals surface area contributed by atoms with Crippen LogP contribution in [-0.2, 0) is 9.59 Å². The summed E-state index contributed by atoms with van der Waals surface area (Å²) in [5.74, 6) is 2.81. The molecule has 186 valence electrons. The van der Waals surface area contributed by atoms with Crippen molar-refractivity contribution in [1.82, 2.24) is 0 Å². The lowest BCUT2D eigenvalue weighted by Gasteiger charge is -2.73. The minimum Gasteiger partial charge on any atom is -0.480 e. The Hall–Kier alpha value is -0.860. The van der Waals surface area contributed by atoms with E-state index < -0.39 is 11.4 Å². The Bertz CT molecular complexity index is 865. The van der Waals surface area contributed by atoms with Crippen molar-refractivity contribution in [3.63, 3.8) is 0 Å². The summed E-state index contributed by atoms with van der Waals surface area (Å²) in [6.07, 6.45) is 11.3. The van der Waals surface area contributed by atoms with Crippen molar-refractivity contribution in [2.75, 3.05) is 0 Å². The third-order valence-electron chi connectivity index (χ3n) is 13.9. The topological polar surface area (TPSA) is 54.4 Å². The normalized spacial score (nSPS) is 58.5. The highest BCUT2D eigenvalue weighted by Crippen LogP contribution is 2.76. The van der Waals surface area contributed by atoms with E-state index in [4.69, 9.17) is 0 Å². The number of carboxylic acid groups (broad SMARTS) is 1. The van der Waals surface area contributed by atoms with Gasteiger partial charge < -0.3 is 5.11 Å². The molecule has 0 radical (unpaired) electrons. The average Bonchev–Trinajstić information content (AvgIpc) is 2.75. The monoisotopic (exact) mass is 456 g/mol. The van der Waals surface area contributed by atoms with Crippen LogP contribution in [0.3, 0.4) is 0 Å². The quantitative estimate of drug-likeness (QED) is 0.419. The number of hydrogen-bond donors (Lipinski definition) is 1. The molecule has 5 rings (SSSR count). The van der Waals surface area contributed by atoms with Gasteiger partial charge in [-0.1, -0.05) is 41.5 Å². The summed E-state index contributed by atoms with van der Waals surface area (Å²) in [7, 11) is 0. The van der Waals surface area contributed by atoms with Crippen LogP contribution in [-0.4, -0.2) is 16.9 Å². The van der Waals surface area contributed by atoms with E-state index in [1.165, 1.54) is 38.5 Å². The van der Waals surface area contributed by atoms with E-state index in [2.05, 4.69) is 41.5 Å². The highest BCUT2D eigenvalue weighted by molar-refractivity contribution is 6.03. The Kier molecular flexibility index (Phi) is 5.13. The van der Waals surface area contributed by atoms with E-state index >= 15 is 0 Å². The van der Waals surface area contributed by atoms with Crippen LogP contribution < -0.4 is 0 Å². The number of fused-ring (bicyclic) bond motifs is 7. The van der Waals surface area contributed by atoms with E-state index in [-0.39, 0.29) is 22.5 Å². The number of carboxylic acids is 1. The van der Waals surface area contributed by atoms with Crippen LogP contribution in [0.1, 0.15) is 113 Å². The predicted molar refractivity (Wildman–Crippen MR) is 132 cm³/mol. The standard InChI is InChI=1S/C30H48O3/c1-18-10-13-26(3)16-17-28(5)20(24(26)19(18)2)8-9-21-27(4)14-12-23(31)30(7,25(32)33)22(27)11-15-29(21,28)6/h18-22,24H,8-17H2,1-7H3,(H,32,33)/t18-,19+,20-,21-,22-,24-,26-,27-,28-,29-,30+/m1/s1. The lowest BCUT2D eigenvalue weighted by atomic mass is 9.31. The highest BCUT2D eigenvalue weighted by atomic mass is 16.4. The molecule has 0 aromatic carbocycles. The molecule has 0 aromatic heterocycles. The Labute approximate surface area is 201 Å². The second-order valence-corrected chi connectivity index (χ2v) is 14.7. The Balaban J connectivity index is 1.55.